The Morgan fingerprint density at radius 2 is 1.95 bits per heavy atom. The molecule has 3 fully saturated rings. The van der Waals surface area contributed by atoms with Crippen molar-refractivity contribution in [3.05, 3.63) is 18.0 Å². The first-order valence-corrected chi connectivity index (χ1v) is 8.96. The summed E-state index contributed by atoms with van der Waals surface area (Å²) < 4.78 is 29.4. The van der Waals surface area contributed by atoms with Crippen LogP contribution in [0.25, 0.3) is 0 Å². The van der Waals surface area contributed by atoms with E-state index in [-0.39, 0.29) is 6.04 Å². The van der Waals surface area contributed by atoms with Crippen molar-refractivity contribution in [1.82, 2.24) is 8.87 Å². The Balaban J connectivity index is 1.69. The van der Waals surface area contributed by atoms with E-state index < -0.39 is 10.0 Å². The van der Waals surface area contributed by atoms with E-state index in [1.165, 1.54) is 6.42 Å². The molecule has 20 heavy (non-hydrogen) atoms. The van der Waals surface area contributed by atoms with Crippen molar-refractivity contribution in [3.63, 3.8) is 0 Å². The van der Waals surface area contributed by atoms with E-state index in [1.54, 1.807) is 16.6 Å². The average molecular weight is 295 g/mol. The summed E-state index contributed by atoms with van der Waals surface area (Å²) in [5, 5.41) is 0. The summed E-state index contributed by atoms with van der Waals surface area (Å²) in [6, 6.07) is 2.47. The van der Waals surface area contributed by atoms with E-state index in [0.717, 1.165) is 31.4 Å². The number of rotatable bonds is 4. The molecule has 2 N–H and O–H groups in total. The quantitative estimate of drug-likeness (QED) is 0.914. The molecule has 0 amide bonds. The fraction of sp³-hybridized carbons (Fsp3) is 0.714. The summed E-state index contributed by atoms with van der Waals surface area (Å²) in [6.45, 7) is 1.11. The minimum Gasteiger partial charge on any atom is -0.346 e. The average Bonchev–Trinajstić information content (AvgIpc) is 2.92. The second-order valence-corrected chi connectivity index (χ2v) is 8.31. The molecule has 2 bridgehead atoms. The molecule has 2 heterocycles. The third kappa shape index (κ3) is 1.85. The fourth-order valence-corrected chi connectivity index (χ4v) is 5.60. The molecule has 4 rings (SSSR count). The first-order chi connectivity index (χ1) is 9.59. The lowest BCUT2D eigenvalue weighted by molar-refractivity contribution is 0.333. The van der Waals surface area contributed by atoms with Crippen LogP contribution in [-0.4, -0.2) is 29.9 Å². The van der Waals surface area contributed by atoms with Crippen molar-refractivity contribution in [2.24, 2.45) is 11.7 Å². The van der Waals surface area contributed by atoms with Crippen LogP contribution in [0.3, 0.4) is 0 Å². The molecule has 2 aliphatic carbocycles. The van der Waals surface area contributed by atoms with E-state index in [2.05, 4.69) is 4.57 Å². The summed E-state index contributed by atoms with van der Waals surface area (Å²) in [5.74, 6) is 0.578. The van der Waals surface area contributed by atoms with Gasteiger partial charge in [0.2, 0.25) is 10.0 Å². The Labute approximate surface area is 119 Å². The van der Waals surface area contributed by atoms with Crippen molar-refractivity contribution in [3.8, 4) is 0 Å². The van der Waals surface area contributed by atoms with Gasteiger partial charge in [-0.2, -0.15) is 4.31 Å². The molecule has 0 radical (unpaired) electrons. The largest absolute Gasteiger partial charge is 0.346 e. The zero-order valence-corrected chi connectivity index (χ0v) is 12.3. The summed E-state index contributed by atoms with van der Waals surface area (Å²) in [4.78, 5) is 0.442. The first kappa shape index (κ1) is 12.9. The highest BCUT2D eigenvalue weighted by Crippen LogP contribution is 2.42. The first-order valence-electron chi connectivity index (χ1n) is 7.52. The lowest BCUT2D eigenvalue weighted by Gasteiger charge is -2.25. The molecule has 2 unspecified atom stereocenters. The van der Waals surface area contributed by atoms with E-state index in [4.69, 9.17) is 5.73 Å². The molecule has 2 saturated carbocycles. The zero-order valence-electron chi connectivity index (χ0n) is 11.5. The Morgan fingerprint density at radius 3 is 2.50 bits per heavy atom. The van der Waals surface area contributed by atoms with Crippen LogP contribution in [0.5, 0.6) is 0 Å². The number of nitrogens with zero attached hydrogens (tertiary/aromatic N) is 2. The topological polar surface area (TPSA) is 68.3 Å². The molecular formula is C14H21N3O2S. The molecule has 1 saturated heterocycles. The second kappa shape index (κ2) is 4.32. The minimum atomic E-state index is -3.33. The third-order valence-electron chi connectivity index (χ3n) is 5.02. The van der Waals surface area contributed by atoms with E-state index >= 15 is 0 Å². The predicted molar refractivity (Wildman–Crippen MR) is 75.6 cm³/mol. The van der Waals surface area contributed by atoms with Crippen LogP contribution in [0.2, 0.25) is 0 Å². The number of hydrogen-bond donors (Lipinski definition) is 1. The fourth-order valence-electron chi connectivity index (χ4n) is 3.80. The van der Waals surface area contributed by atoms with Gasteiger partial charge in [-0.1, -0.05) is 0 Å². The smallest absolute Gasteiger partial charge is 0.244 e. The molecule has 2 atom stereocenters. The number of aromatic nitrogens is 1. The number of sulfonamides is 1. The van der Waals surface area contributed by atoms with Crippen LogP contribution in [0.1, 0.15) is 43.8 Å². The number of nitrogens with two attached hydrogens (primary N) is 1. The monoisotopic (exact) mass is 295 g/mol. The molecule has 0 spiro atoms. The Bertz CT molecular complexity index is 633. The molecule has 6 heteroatoms. The minimum absolute atomic E-state index is 0.232. The Hall–Kier alpha value is -0.850. The highest BCUT2D eigenvalue weighted by molar-refractivity contribution is 7.89. The van der Waals surface area contributed by atoms with Gasteiger partial charge in [-0.05, 0) is 44.1 Å². The van der Waals surface area contributed by atoms with Gasteiger partial charge in [0.25, 0.3) is 0 Å². The van der Waals surface area contributed by atoms with Gasteiger partial charge in [0.15, 0.2) is 0 Å². The molecule has 110 valence electrons. The van der Waals surface area contributed by atoms with Gasteiger partial charge in [0.05, 0.1) is 0 Å². The summed E-state index contributed by atoms with van der Waals surface area (Å²) in [7, 11) is -3.33. The van der Waals surface area contributed by atoms with Crippen LogP contribution in [-0.2, 0) is 16.6 Å². The second-order valence-electron chi connectivity index (χ2n) is 6.42. The molecular weight excluding hydrogens is 274 g/mol. The van der Waals surface area contributed by atoms with Crippen molar-refractivity contribution in [2.45, 2.75) is 55.6 Å². The van der Waals surface area contributed by atoms with Crippen LogP contribution in [0, 0.1) is 5.92 Å². The predicted octanol–water partition coefficient (Wildman–Crippen LogP) is 1.45. The molecule has 5 nitrogen and oxygen atoms in total. The molecule has 3 aliphatic rings. The van der Waals surface area contributed by atoms with E-state index in [9.17, 15) is 8.42 Å². The van der Waals surface area contributed by atoms with Crippen molar-refractivity contribution >= 4 is 10.0 Å². The highest BCUT2D eigenvalue weighted by atomic mass is 32.2. The number of fused-ring (bicyclic) bond motifs is 2. The number of hydrogen-bond acceptors (Lipinski definition) is 3. The molecule has 1 aromatic heterocycles. The summed E-state index contributed by atoms with van der Waals surface area (Å²) >= 11 is 0. The van der Waals surface area contributed by atoms with Gasteiger partial charge in [0, 0.05) is 37.1 Å². The van der Waals surface area contributed by atoms with Crippen molar-refractivity contribution in [1.29, 1.82) is 0 Å². The summed E-state index contributed by atoms with van der Waals surface area (Å²) in [6.07, 6.45) is 7.34. The SMILES string of the molecule is NCc1cc(S(=O)(=O)N2CC3CCC2C3)cn1C1CC1. The maximum absolute atomic E-state index is 12.8. The normalized spacial score (nSPS) is 30.2. The third-order valence-corrected chi connectivity index (χ3v) is 6.91. The molecule has 0 aromatic carbocycles. The van der Waals surface area contributed by atoms with Gasteiger partial charge in [-0.3, -0.25) is 0 Å². The molecule has 1 aliphatic heterocycles. The van der Waals surface area contributed by atoms with Crippen LogP contribution >= 0.6 is 0 Å². The van der Waals surface area contributed by atoms with Gasteiger partial charge in [0.1, 0.15) is 4.90 Å². The van der Waals surface area contributed by atoms with Gasteiger partial charge >= 0.3 is 0 Å². The molecule has 1 aromatic rings. The van der Waals surface area contributed by atoms with Crippen LogP contribution in [0.4, 0.5) is 0 Å². The van der Waals surface area contributed by atoms with Gasteiger partial charge < -0.3 is 10.3 Å². The standard InChI is InChI=1S/C14H21N3O2S/c15-7-13-6-14(9-16(13)11-3-4-11)20(18,19)17-8-10-1-2-12(17)5-10/h6,9-12H,1-5,7-8,15H2. The van der Waals surface area contributed by atoms with Crippen molar-refractivity contribution in [2.75, 3.05) is 6.54 Å². The van der Waals surface area contributed by atoms with E-state index in [1.807, 2.05) is 0 Å². The Kier molecular flexibility index (Phi) is 2.78. The summed E-state index contributed by atoms with van der Waals surface area (Å²) in [5.41, 5.74) is 6.70. The van der Waals surface area contributed by atoms with Crippen molar-refractivity contribution < 1.29 is 8.42 Å². The van der Waals surface area contributed by atoms with Gasteiger partial charge in [-0.15, -0.1) is 0 Å². The maximum Gasteiger partial charge on any atom is 0.244 e. The lowest BCUT2D eigenvalue weighted by Crippen LogP contribution is -2.37. The van der Waals surface area contributed by atoms with Crippen LogP contribution < -0.4 is 5.73 Å². The van der Waals surface area contributed by atoms with Gasteiger partial charge in [-0.25, -0.2) is 8.42 Å². The Morgan fingerprint density at radius 1 is 1.20 bits per heavy atom. The maximum atomic E-state index is 12.8. The lowest BCUT2D eigenvalue weighted by atomic mass is 10.1. The van der Waals surface area contributed by atoms with Crippen LogP contribution in [0.15, 0.2) is 17.2 Å². The number of piperidine rings is 1. The zero-order chi connectivity index (χ0) is 13.9. The van der Waals surface area contributed by atoms with E-state index in [0.29, 0.717) is 29.9 Å². The highest BCUT2D eigenvalue weighted by Gasteiger charge is 2.44.